The zero-order chi connectivity index (χ0) is 11.8. The number of nitrogens with one attached hydrogen (secondary N) is 1. The van der Waals surface area contributed by atoms with Crippen molar-refractivity contribution in [1.82, 2.24) is 4.72 Å². The minimum absolute atomic E-state index is 0.330. The first-order valence-corrected chi connectivity index (χ1v) is 7.33. The van der Waals surface area contributed by atoms with Gasteiger partial charge in [0, 0.05) is 17.7 Å². The van der Waals surface area contributed by atoms with Crippen molar-refractivity contribution >= 4 is 16.1 Å². The summed E-state index contributed by atoms with van der Waals surface area (Å²) in [4.78, 5) is 12.3. The summed E-state index contributed by atoms with van der Waals surface area (Å²) in [6.45, 7) is 2.68. The van der Waals surface area contributed by atoms with Crippen LogP contribution in [0.2, 0.25) is 0 Å². The minimum Gasteiger partial charge on any atom is -0.462 e. The molecule has 88 valence electrons. The van der Waals surface area contributed by atoms with Crippen LogP contribution in [0.25, 0.3) is 0 Å². The average molecular weight is 241 g/mol. The summed E-state index contributed by atoms with van der Waals surface area (Å²) in [5.74, 6) is -0.330. The lowest BCUT2D eigenvalue weighted by Crippen LogP contribution is -2.21. The van der Waals surface area contributed by atoms with E-state index in [1.165, 1.54) is 0 Å². The second-order valence-corrected chi connectivity index (χ2v) is 6.47. The molecule has 0 atom stereocenters. The monoisotopic (exact) mass is 241 g/mol. The van der Waals surface area contributed by atoms with Crippen molar-refractivity contribution in [2.45, 2.75) is 18.4 Å². The van der Waals surface area contributed by atoms with E-state index in [1.807, 2.05) is 0 Å². The maximum atomic E-state index is 12.0. The normalized spacial score (nSPS) is 18.9. The van der Waals surface area contributed by atoms with Crippen LogP contribution in [0.15, 0.2) is 23.1 Å². The Labute approximate surface area is 95.6 Å². The molecule has 0 aromatic heterocycles. The third-order valence-electron chi connectivity index (χ3n) is 2.62. The molecule has 0 saturated heterocycles. The molecule has 5 heteroatoms. The molecule has 0 bridgehead atoms. The van der Waals surface area contributed by atoms with Crippen LogP contribution < -0.4 is 4.72 Å². The van der Waals surface area contributed by atoms with Crippen LogP contribution in [-0.2, 0) is 21.4 Å². The van der Waals surface area contributed by atoms with E-state index in [1.54, 1.807) is 31.4 Å². The van der Waals surface area contributed by atoms with Crippen LogP contribution in [0.4, 0.5) is 0 Å². The van der Waals surface area contributed by atoms with Crippen molar-refractivity contribution in [1.29, 1.82) is 0 Å². The average Bonchev–Trinajstić information content (AvgIpc) is 2.55. The first kappa shape index (κ1) is 11.3. The third kappa shape index (κ3) is 1.88. The van der Waals surface area contributed by atoms with Crippen LogP contribution in [0.5, 0.6) is 0 Å². The number of thiol groups is 1. The van der Waals surface area contributed by atoms with E-state index < -0.39 is 10.1 Å². The summed E-state index contributed by atoms with van der Waals surface area (Å²) in [5.41, 5.74) is 1.45. The molecule has 4 nitrogen and oxygen atoms in total. The Morgan fingerprint density at radius 1 is 1.56 bits per heavy atom. The van der Waals surface area contributed by atoms with Gasteiger partial charge in [-0.1, -0.05) is 0 Å². The molecule has 0 unspecified atom stereocenters. The molecular formula is C11H15NO3S. The largest absolute Gasteiger partial charge is 0.462 e. The highest BCUT2D eigenvalue weighted by atomic mass is 32.3. The topological polar surface area (TPSA) is 55.4 Å². The predicted octanol–water partition coefficient (Wildman–Crippen LogP) is 0.887. The van der Waals surface area contributed by atoms with Gasteiger partial charge in [0.1, 0.15) is 0 Å². The van der Waals surface area contributed by atoms with Crippen LogP contribution in [-0.4, -0.2) is 23.0 Å². The molecule has 1 aromatic rings. The lowest BCUT2D eigenvalue weighted by molar-refractivity contribution is 0.0526. The molecule has 0 amide bonds. The van der Waals surface area contributed by atoms with E-state index in [0.717, 1.165) is 10.5 Å². The van der Waals surface area contributed by atoms with E-state index in [9.17, 15) is 9.00 Å². The van der Waals surface area contributed by atoms with Gasteiger partial charge in [-0.3, -0.25) is 8.93 Å². The summed E-state index contributed by atoms with van der Waals surface area (Å²) in [6, 6.07) is 5.17. The van der Waals surface area contributed by atoms with Crippen molar-refractivity contribution in [3.63, 3.8) is 0 Å². The maximum absolute atomic E-state index is 12.0. The van der Waals surface area contributed by atoms with Crippen LogP contribution >= 0.6 is 0 Å². The molecule has 0 fully saturated rings. The fourth-order valence-corrected chi connectivity index (χ4v) is 3.50. The number of hydrogen-bond donors (Lipinski definition) is 2. The smallest absolute Gasteiger partial charge is 0.338 e. The summed E-state index contributed by atoms with van der Waals surface area (Å²) < 4.78 is 19.9. The second kappa shape index (κ2) is 3.99. The van der Waals surface area contributed by atoms with Crippen molar-refractivity contribution in [3.8, 4) is 0 Å². The van der Waals surface area contributed by atoms with Gasteiger partial charge in [-0.2, -0.15) is 0 Å². The van der Waals surface area contributed by atoms with Gasteiger partial charge in [0.15, 0.2) is 0 Å². The number of carbonyl (C=O) groups excluding carboxylic acids is 1. The van der Waals surface area contributed by atoms with Crippen molar-refractivity contribution in [2.24, 2.45) is 0 Å². The Bertz CT molecular complexity index is 484. The van der Waals surface area contributed by atoms with E-state index in [4.69, 9.17) is 4.74 Å². The van der Waals surface area contributed by atoms with Gasteiger partial charge in [-0.15, -0.1) is 0 Å². The number of carbonyl (C=O) groups is 1. The highest BCUT2D eigenvalue weighted by molar-refractivity contribution is 8.00. The van der Waals surface area contributed by atoms with E-state index in [-0.39, 0.29) is 5.97 Å². The lowest BCUT2D eigenvalue weighted by Gasteiger charge is -2.12. The van der Waals surface area contributed by atoms with E-state index >= 15 is 0 Å². The van der Waals surface area contributed by atoms with Crippen LogP contribution in [0, 0.1) is 0 Å². The Hall–Kier alpha value is -1.20. The molecule has 0 aliphatic carbocycles. The summed E-state index contributed by atoms with van der Waals surface area (Å²) in [5, 5.41) is 0. The van der Waals surface area contributed by atoms with Crippen molar-refractivity contribution < 1.29 is 13.7 Å². The minimum atomic E-state index is -2.40. The van der Waals surface area contributed by atoms with Crippen LogP contribution in [0.1, 0.15) is 22.8 Å². The zero-order valence-electron chi connectivity index (χ0n) is 9.32. The molecule has 0 radical (unpaired) electrons. The second-order valence-electron chi connectivity index (χ2n) is 3.82. The molecule has 16 heavy (non-hydrogen) atoms. The highest BCUT2D eigenvalue weighted by Gasteiger charge is 2.23. The van der Waals surface area contributed by atoms with Gasteiger partial charge < -0.3 is 4.74 Å². The number of hydrogen-bond acceptors (Lipinski definition) is 3. The van der Waals surface area contributed by atoms with E-state index in [2.05, 4.69) is 4.72 Å². The summed E-state index contributed by atoms with van der Waals surface area (Å²) in [7, 11) is -2.40. The van der Waals surface area contributed by atoms with E-state index in [0.29, 0.717) is 18.7 Å². The summed E-state index contributed by atoms with van der Waals surface area (Å²) in [6.07, 6.45) is 1.70. The Balaban J connectivity index is 2.35. The number of benzene rings is 1. The van der Waals surface area contributed by atoms with Crippen LogP contribution in [0.3, 0.4) is 0 Å². The Kier molecular flexibility index (Phi) is 2.82. The van der Waals surface area contributed by atoms with Gasteiger partial charge >= 0.3 is 5.97 Å². The lowest BCUT2D eigenvalue weighted by atomic mass is 10.1. The third-order valence-corrected chi connectivity index (χ3v) is 4.74. The zero-order valence-corrected chi connectivity index (χ0v) is 10.2. The first-order chi connectivity index (χ1) is 7.54. The standard InChI is InChI=1S/C11H15NO3S/c1-3-15-11(13)8-4-5-10-9(6-8)7-12-16(10,2)14/h4-6,16H,3,7H2,1-2H3,(H,12,14). The molecule has 0 spiro atoms. The summed E-state index contributed by atoms with van der Waals surface area (Å²) >= 11 is 0. The molecule has 1 N–H and O–H groups in total. The molecule has 1 heterocycles. The molecule has 1 aromatic carbocycles. The quantitative estimate of drug-likeness (QED) is 0.597. The Morgan fingerprint density at radius 2 is 2.31 bits per heavy atom. The molecular weight excluding hydrogens is 226 g/mol. The van der Waals surface area contributed by atoms with Gasteiger partial charge in [0.25, 0.3) is 0 Å². The molecule has 0 saturated carbocycles. The maximum Gasteiger partial charge on any atom is 0.338 e. The van der Waals surface area contributed by atoms with Crippen molar-refractivity contribution in [3.05, 3.63) is 29.3 Å². The van der Waals surface area contributed by atoms with Crippen molar-refractivity contribution in [2.75, 3.05) is 12.9 Å². The fraction of sp³-hybridized carbons (Fsp3) is 0.364. The van der Waals surface area contributed by atoms with Gasteiger partial charge in [0.2, 0.25) is 0 Å². The molecule has 2 rings (SSSR count). The number of fused-ring (bicyclic) bond motifs is 1. The fourth-order valence-electron chi connectivity index (χ4n) is 1.81. The number of ether oxygens (including phenoxy) is 1. The number of esters is 1. The first-order valence-electron chi connectivity index (χ1n) is 5.18. The molecule has 1 aliphatic rings. The van der Waals surface area contributed by atoms with Gasteiger partial charge in [-0.25, -0.2) is 4.79 Å². The SMILES string of the molecule is CCOC(=O)c1ccc2c(c1)CN[SH]2(C)=O. The van der Waals surface area contributed by atoms with Gasteiger partial charge in [-0.05, 0) is 40.8 Å². The highest BCUT2D eigenvalue weighted by Crippen LogP contribution is 2.26. The Morgan fingerprint density at radius 3 is 3.00 bits per heavy atom. The number of rotatable bonds is 2. The predicted molar refractivity (Wildman–Crippen MR) is 63.0 cm³/mol. The van der Waals surface area contributed by atoms with Gasteiger partial charge in [0.05, 0.1) is 12.2 Å². The molecule has 1 aliphatic heterocycles.